The molecule has 1 atom stereocenters. The number of likely N-dealkylation sites (tertiary alicyclic amines) is 1. The zero-order chi connectivity index (χ0) is 18.9. The highest BCUT2D eigenvalue weighted by atomic mass is 16.5. The Morgan fingerprint density at radius 1 is 1.36 bits per heavy atom. The number of nitrogens with one attached hydrogen (secondary N) is 1. The van der Waals surface area contributed by atoms with Crippen molar-refractivity contribution >= 4 is 12.2 Å². The number of hydrogen-bond acceptors (Lipinski definition) is 5. The Balaban J connectivity index is 0.00000151. The summed E-state index contributed by atoms with van der Waals surface area (Å²) in [7, 11) is 1.40. The van der Waals surface area contributed by atoms with Gasteiger partial charge in [0.2, 0.25) is 0 Å². The molecule has 0 spiro atoms. The lowest BCUT2D eigenvalue weighted by molar-refractivity contribution is -0.136. The molecule has 1 unspecified atom stereocenters. The van der Waals surface area contributed by atoms with Gasteiger partial charge in [0.15, 0.2) is 0 Å². The van der Waals surface area contributed by atoms with Crippen molar-refractivity contribution in [3.8, 4) is 12.3 Å². The van der Waals surface area contributed by atoms with Gasteiger partial charge in [-0.3, -0.25) is 9.89 Å². The van der Waals surface area contributed by atoms with Gasteiger partial charge in [0.1, 0.15) is 0 Å². The first-order chi connectivity index (χ1) is 12.0. The zero-order valence-electron chi connectivity index (χ0n) is 16.3. The number of esters is 1. The van der Waals surface area contributed by atoms with Gasteiger partial charge in [-0.1, -0.05) is 19.8 Å². The first-order valence-electron chi connectivity index (χ1n) is 9.26. The second-order valence-corrected chi connectivity index (χ2v) is 6.72. The van der Waals surface area contributed by atoms with Crippen molar-refractivity contribution in [2.75, 3.05) is 20.2 Å². The molecule has 140 valence electrons. The van der Waals surface area contributed by atoms with Gasteiger partial charge < -0.3 is 10.1 Å². The Morgan fingerprint density at radius 3 is 2.56 bits per heavy atom. The van der Waals surface area contributed by atoms with E-state index in [0.717, 1.165) is 32.4 Å². The Morgan fingerprint density at radius 2 is 2.00 bits per heavy atom. The van der Waals surface area contributed by atoms with Crippen LogP contribution in [-0.2, 0) is 9.53 Å². The molecular weight excluding hydrogens is 314 g/mol. The van der Waals surface area contributed by atoms with E-state index in [0.29, 0.717) is 18.0 Å². The van der Waals surface area contributed by atoms with E-state index in [1.165, 1.54) is 7.11 Å². The molecule has 0 amide bonds. The smallest absolute Gasteiger partial charge is 0.335 e. The van der Waals surface area contributed by atoms with E-state index >= 15 is 0 Å². The number of nitrogens with zero attached hydrogens (tertiary/aromatic N) is 2. The lowest BCUT2D eigenvalue weighted by Gasteiger charge is -2.40. The van der Waals surface area contributed by atoms with Crippen LogP contribution in [0.4, 0.5) is 0 Å². The molecule has 0 aromatic carbocycles. The third-order valence-corrected chi connectivity index (χ3v) is 4.76. The molecule has 0 bridgehead atoms. The first kappa shape index (κ1) is 21.4. The maximum absolute atomic E-state index is 11.6. The van der Waals surface area contributed by atoms with Crippen LogP contribution in [0.15, 0.2) is 16.8 Å². The van der Waals surface area contributed by atoms with Crippen LogP contribution in [0.5, 0.6) is 0 Å². The van der Waals surface area contributed by atoms with Crippen LogP contribution in [0.1, 0.15) is 53.4 Å². The summed E-state index contributed by atoms with van der Waals surface area (Å²) in [5.74, 6) is 2.59. The molecule has 5 nitrogen and oxygen atoms in total. The van der Waals surface area contributed by atoms with Crippen LogP contribution in [0.25, 0.3) is 0 Å². The van der Waals surface area contributed by atoms with Crippen LogP contribution in [0.3, 0.4) is 0 Å². The van der Waals surface area contributed by atoms with Crippen molar-refractivity contribution in [2.24, 2.45) is 4.99 Å². The molecule has 2 aliphatic rings. The van der Waals surface area contributed by atoms with Crippen molar-refractivity contribution in [3.63, 3.8) is 0 Å². The Bertz CT molecular complexity index is 524. The fourth-order valence-electron chi connectivity index (χ4n) is 3.10. The number of ether oxygens (including phenoxy) is 1. The molecule has 1 fully saturated rings. The second-order valence-electron chi connectivity index (χ2n) is 6.72. The molecule has 0 aromatic rings. The molecule has 2 aliphatic heterocycles. The molecule has 1 N–H and O–H groups in total. The third-order valence-electron chi connectivity index (χ3n) is 4.76. The molecule has 0 aliphatic carbocycles. The predicted octanol–water partition coefficient (Wildman–Crippen LogP) is 2.77. The second kappa shape index (κ2) is 10.4. The van der Waals surface area contributed by atoms with Crippen molar-refractivity contribution in [1.82, 2.24) is 10.2 Å². The van der Waals surface area contributed by atoms with Crippen molar-refractivity contribution in [1.29, 1.82) is 0 Å². The van der Waals surface area contributed by atoms with E-state index in [2.05, 4.69) is 35.0 Å². The lowest BCUT2D eigenvalue weighted by atomic mass is 9.96. The van der Waals surface area contributed by atoms with Crippen LogP contribution >= 0.6 is 0 Å². The topological polar surface area (TPSA) is 53.9 Å². The molecule has 0 saturated carbocycles. The number of hydrogen-bond donors (Lipinski definition) is 1. The normalized spacial score (nSPS) is 22.1. The van der Waals surface area contributed by atoms with Gasteiger partial charge in [-0.05, 0) is 39.5 Å². The zero-order valence-corrected chi connectivity index (χ0v) is 16.3. The molecule has 0 aromatic heterocycles. The summed E-state index contributed by atoms with van der Waals surface area (Å²) in [6.45, 7) is 10.2. The van der Waals surface area contributed by atoms with E-state index < -0.39 is 0 Å². The summed E-state index contributed by atoms with van der Waals surface area (Å²) < 4.78 is 4.76. The first-order valence-corrected chi connectivity index (χ1v) is 9.26. The van der Waals surface area contributed by atoms with Gasteiger partial charge in [0, 0.05) is 37.6 Å². The Labute approximate surface area is 152 Å². The standard InChI is InChI=1S/C18H27N3O2.C2H6/c1-5-18(2,3)21-10-8-15(9-11-21)20-16-7-6-14(12-19-13-16)17(22)23-4;1-2/h1,12-13,15-16,20H,6-11H2,2-4H3;1-2H3. The lowest BCUT2D eigenvalue weighted by Crippen LogP contribution is -2.52. The Kier molecular flexibility index (Phi) is 8.88. The highest BCUT2D eigenvalue weighted by Gasteiger charge is 2.29. The fraction of sp³-hybridized carbons (Fsp3) is 0.700. The summed E-state index contributed by atoms with van der Waals surface area (Å²) in [6, 6.07) is 0.668. The summed E-state index contributed by atoms with van der Waals surface area (Å²) in [4.78, 5) is 18.2. The molecule has 2 heterocycles. The number of rotatable bonds is 4. The molecular formula is C20H33N3O2. The van der Waals surface area contributed by atoms with Gasteiger partial charge in [0.05, 0.1) is 18.2 Å². The third kappa shape index (κ3) is 6.30. The van der Waals surface area contributed by atoms with Crippen molar-refractivity contribution in [2.45, 2.75) is 71.0 Å². The number of piperidine rings is 1. The van der Waals surface area contributed by atoms with Crippen molar-refractivity contribution < 1.29 is 9.53 Å². The number of methoxy groups -OCH3 is 1. The van der Waals surface area contributed by atoms with E-state index in [-0.39, 0.29) is 17.6 Å². The van der Waals surface area contributed by atoms with Crippen molar-refractivity contribution in [3.05, 3.63) is 11.8 Å². The molecule has 1 saturated heterocycles. The monoisotopic (exact) mass is 347 g/mol. The highest BCUT2D eigenvalue weighted by molar-refractivity contribution is 5.89. The number of carbonyl (C=O) groups excluding carboxylic acids is 1. The van der Waals surface area contributed by atoms with Crippen LogP contribution in [-0.4, -0.2) is 54.9 Å². The SMILES string of the molecule is C#CC(C)(C)N1CCC(NC2C=NC=C(C(=O)OC)CC2)CC1.CC. The molecule has 5 heteroatoms. The molecule has 0 radical (unpaired) electrons. The average Bonchev–Trinajstić information content (AvgIpc) is 2.89. The summed E-state index contributed by atoms with van der Waals surface area (Å²) in [5.41, 5.74) is 0.465. The predicted molar refractivity (Wildman–Crippen MR) is 104 cm³/mol. The van der Waals surface area contributed by atoms with Gasteiger partial charge in [-0.15, -0.1) is 6.42 Å². The summed E-state index contributed by atoms with van der Waals surface area (Å²) >= 11 is 0. The van der Waals surface area contributed by atoms with E-state index in [1.54, 1.807) is 6.20 Å². The largest absolute Gasteiger partial charge is 0.466 e. The number of carbonyl (C=O) groups is 1. The molecule has 2 rings (SSSR count). The maximum atomic E-state index is 11.6. The summed E-state index contributed by atoms with van der Waals surface area (Å²) in [6.07, 6.45) is 12.8. The summed E-state index contributed by atoms with van der Waals surface area (Å²) in [5, 5.41) is 3.65. The maximum Gasteiger partial charge on any atom is 0.335 e. The number of terminal acetylenes is 1. The van der Waals surface area contributed by atoms with Crippen LogP contribution < -0.4 is 5.32 Å². The van der Waals surface area contributed by atoms with Crippen LogP contribution in [0.2, 0.25) is 0 Å². The average molecular weight is 348 g/mol. The Hall–Kier alpha value is -1.64. The fourth-order valence-corrected chi connectivity index (χ4v) is 3.10. The van der Waals surface area contributed by atoms with Gasteiger partial charge in [0.25, 0.3) is 0 Å². The molecule has 25 heavy (non-hydrogen) atoms. The van der Waals surface area contributed by atoms with Gasteiger partial charge >= 0.3 is 5.97 Å². The number of aliphatic imine (C=N–C) groups is 1. The quantitative estimate of drug-likeness (QED) is 0.628. The van der Waals surface area contributed by atoms with Gasteiger partial charge in [-0.2, -0.15) is 0 Å². The van der Waals surface area contributed by atoms with E-state index in [1.807, 2.05) is 20.1 Å². The minimum absolute atomic E-state index is 0.173. The highest BCUT2D eigenvalue weighted by Crippen LogP contribution is 2.21. The van der Waals surface area contributed by atoms with E-state index in [9.17, 15) is 4.79 Å². The van der Waals surface area contributed by atoms with Gasteiger partial charge in [-0.25, -0.2) is 4.79 Å². The minimum atomic E-state index is -0.285. The minimum Gasteiger partial charge on any atom is -0.466 e. The van der Waals surface area contributed by atoms with E-state index in [4.69, 9.17) is 11.2 Å². The van der Waals surface area contributed by atoms with Crippen LogP contribution in [0, 0.1) is 12.3 Å².